The van der Waals surface area contributed by atoms with Crippen LogP contribution in [0.2, 0.25) is 0 Å². The molecule has 0 unspecified atom stereocenters. The minimum atomic E-state index is -0.319. The summed E-state index contributed by atoms with van der Waals surface area (Å²) in [5, 5.41) is 19.5. The van der Waals surface area contributed by atoms with E-state index in [0.29, 0.717) is 17.9 Å². The zero-order valence-electron chi connectivity index (χ0n) is 12.4. The van der Waals surface area contributed by atoms with Crippen molar-refractivity contribution in [1.82, 2.24) is 4.57 Å². The maximum atomic E-state index is 12.9. The summed E-state index contributed by atoms with van der Waals surface area (Å²) in [6.45, 7) is 4.58. The average Bonchev–Trinajstić information content (AvgIpc) is 2.77. The number of nitrogens with zero attached hydrogens (tertiary/aromatic N) is 3. The van der Waals surface area contributed by atoms with Crippen LogP contribution in [0.5, 0.6) is 5.88 Å². The van der Waals surface area contributed by atoms with Crippen molar-refractivity contribution in [1.29, 1.82) is 0 Å². The summed E-state index contributed by atoms with van der Waals surface area (Å²) in [6.07, 6.45) is 0. The molecule has 3 aromatic rings. The summed E-state index contributed by atoms with van der Waals surface area (Å²) in [5.41, 5.74) is 2.97. The van der Waals surface area contributed by atoms with Crippen molar-refractivity contribution < 1.29 is 9.50 Å². The molecule has 0 aliphatic carbocycles. The van der Waals surface area contributed by atoms with Crippen LogP contribution >= 0.6 is 0 Å². The van der Waals surface area contributed by atoms with Crippen LogP contribution in [0.4, 0.5) is 15.8 Å². The molecule has 0 saturated heterocycles. The van der Waals surface area contributed by atoms with E-state index in [1.807, 2.05) is 32.0 Å². The zero-order valence-corrected chi connectivity index (χ0v) is 12.4. The predicted octanol–water partition coefficient (Wildman–Crippen LogP) is 5.23. The number of azo groups is 1. The van der Waals surface area contributed by atoms with Gasteiger partial charge in [0.05, 0.1) is 11.2 Å². The largest absolute Gasteiger partial charge is 0.493 e. The normalized spacial score (nSPS) is 11.6. The van der Waals surface area contributed by atoms with Gasteiger partial charge < -0.3 is 9.67 Å². The molecular formula is C17H16FN3O. The van der Waals surface area contributed by atoms with E-state index in [4.69, 9.17) is 0 Å². The number of aryl methyl sites for hydroxylation is 2. The van der Waals surface area contributed by atoms with Crippen molar-refractivity contribution in [2.75, 3.05) is 0 Å². The number of fused-ring (bicyclic) bond motifs is 1. The topological polar surface area (TPSA) is 49.9 Å². The third-order valence-electron chi connectivity index (χ3n) is 3.57. The average molecular weight is 297 g/mol. The number of rotatable bonds is 3. The molecule has 0 aliphatic rings. The van der Waals surface area contributed by atoms with E-state index < -0.39 is 0 Å². The summed E-state index contributed by atoms with van der Waals surface area (Å²) in [7, 11) is 0. The van der Waals surface area contributed by atoms with Crippen LogP contribution in [-0.4, -0.2) is 9.67 Å². The van der Waals surface area contributed by atoms with Crippen LogP contribution in [0.3, 0.4) is 0 Å². The summed E-state index contributed by atoms with van der Waals surface area (Å²) < 4.78 is 14.7. The second-order valence-electron chi connectivity index (χ2n) is 5.11. The molecule has 22 heavy (non-hydrogen) atoms. The molecule has 0 radical (unpaired) electrons. The van der Waals surface area contributed by atoms with Gasteiger partial charge in [-0.25, -0.2) is 4.39 Å². The van der Waals surface area contributed by atoms with Gasteiger partial charge in [-0.15, -0.1) is 5.11 Å². The molecule has 0 spiro atoms. The summed E-state index contributed by atoms with van der Waals surface area (Å²) in [5.74, 6) is -0.228. The van der Waals surface area contributed by atoms with E-state index in [2.05, 4.69) is 10.2 Å². The summed E-state index contributed by atoms with van der Waals surface area (Å²) in [4.78, 5) is 0. The second kappa shape index (κ2) is 5.60. The lowest BCUT2D eigenvalue weighted by Gasteiger charge is -2.01. The highest BCUT2D eigenvalue weighted by atomic mass is 19.1. The monoisotopic (exact) mass is 297 g/mol. The lowest BCUT2D eigenvalue weighted by molar-refractivity contribution is 0.427. The molecular weight excluding hydrogens is 281 g/mol. The zero-order chi connectivity index (χ0) is 15.7. The Balaban J connectivity index is 2.11. The lowest BCUT2D eigenvalue weighted by Crippen LogP contribution is -1.91. The van der Waals surface area contributed by atoms with Crippen molar-refractivity contribution in [2.45, 2.75) is 20.4 Å². The number of halogens is 1. The number of hydrogen-bond acceptors (Lipinski definition) is 3. The molecule has 5 heteroatoms. The maximum absolute atomic E-state index is 12.9. The Kier molecular flexibility index (Phi) is 3.63. The highest BCUT2D eigenvalue weighted by Gasteiger charge is 2.15. The van der Waals surface area contributed by atoms with Gasteiger partial charge in [0.25, 0.3) is 0 Å². The molecule has 0 atom stereocenters. The highest BCUT2D eigenvalue weighted by Crippen LogP contribution is 2.39. The Morgan fingerprint density at radius 3 is 2.50 bits per heavy atom. The molecule has 1 heterocycles. The number of aromatic hydroxyl groups is 1. The molecule has 112 valence electrons. The Morgan fingerprint density at radius 1 is 1.09 bits per heavy atom. The van der Waals surface area contributed by atoms with Crippen LogP contribution in [-0.2, 0) is 6.54 Å². The van der Waals surface area contributed by atoms with Crippen LogP contribution in [0.25, 0.3) is 10.9 Å². The smallest absolute Gasteiger partial charge is 0.220 e. The van der Waals surface area contributed by atoms with Gasteiger partial charge in [0.2, 0.25) is 5.88 Å². The standard InChI is InChI=1S/C17H16FN3O/c1-3-21-15-9-4-11(2)10-14(15)16(17(21)22)20-19-13-7-5-12(18)6-8-13/h4-10,22H,3H2,1-2H3. The van der Waals surface area contributed by atoms with E-state index in [1.165, 1.54) is 12.1 Å². The van der Waals surface area contributed by atoms with Gasteiger partial charge in [-0.1, -0.05) is 11.6 Å². The second-order valence-corrected chi connectivity index (χ2v) is 5.11. The number of aromatic nitrogens is 1. The van der Waals surface area contributed by atoms with Crippen molar-refractivity contribution in [3.8, 4) is 5.88 Å². The fourth-order valence-corrected chi connectivity index (χ4v) is 2.47. The number of hydrogen-bond donors (Lipinski definition) is 1. The molecule has 2 aromatic carbocycles. The fraction of sp³-hybridized carbons (Fsp3) is 0.176. The first-order valence-electron chi connectivity index (χ1n) is 7.09. The Labute approximate surface area is 127 Å². The summed E-state index contributed by atoms with van der Waals surface area (Å²) >= 11 is 0. The van der Waals surface area contributed by atoms with Crippen molar-refractivity contribution in [2.24, 2.45) is 10.2 Å². The first-order chi connectivity index (χ1) is 10.6. The highest BCUT2D eigenvalue weighted by molar-refractivity contribution is 5.95. The molecule has 0 amide bonds. The number of benzene rings is 2. The molecule has 0 aliphatic heterocycles. The first-order valence-corrected chi connectivity index (χ1v) is 7.09. The minimum Gasteiger partial charge on any atom is -0.493 e. The SMILES string of the molecule is CCn1c(O)c(N=Nc2ccc(F)cc2)c2cc(C)ccc21. The molecule has 1 aromatic heterocycles. The Hall–Kier alpha value is -2.69. The Bertz CT molecular complexity index is 850. The van der Waals surface area contributed by atoms with E-state index in [9.17, 15) is 9.50 Å². The van der Waals surface area contributed by atoms with E-state index >= 15 is 0 Å². The quantitative estimate of drug-likeness (QED) is 0.661. The molecule has 4 nitrogen and oxygen atoms in total. The van der Waals surface area contributed by atoms with Crippen LogP contribution < -0.4 is 0 Å². The third-order valence-corrected chi connectivity index (χ3v) is 3.57. The molecule has 0 fully saturated rings. The van der Waals surface area contributed by atoms with Crippen molar-refractivity contribution in [3.05, 3.63) is 53.8 Å². The fourth-order valence-electron chi connectivity index (χ4n) is 2.47. The predicted molar refractivity (Wildman–Crippen MR) is 84.6 cm³/mol. The Morgan fingerprint density at radius 2 is 1.82 bits per heavy atom. The molecule has 0 saturated carbocycles. The van der Waals surface area contributed by atoms with Gasteiger partial charge in [0.1, 0.15) is 5.82 Å². The van der Waals surface area contributed by atoms with Gasteiger partial charge in [-0.2, -0.15) is 5.11 Å². The van der Waals surface area contributed by atoms with E-state index in [0.717, 1.165) is 16.5 Å². The third kappa shape index (κ3) is 2.45. The molecule has 0 bridgehead atoms. The van der Waals surface area contributed by atoms with E-state index in [-0.39, 0.29) is 11.7 Å². The van der Waals surface area contributed by atoms with Gasteiger partial charge in [0.15, 0.2) is 5.69 Å². The summed E-state index contributed by atoms with van der Waals surface area (Å²) in [6, 6.07) is 11.7. The van der Waals surface area contributed by atoms with Crippen LogP contribution in [0.1, 0.15) is 12.5 Å². The first kappa shape index (κ1) is 14.3. The van der Waals surface area contributed by atoms with Crippen molar-refractivity contribution in [3.63, 3.8) is 0 Å². The van der Waals surface area contributed by atoms with Crippen molar-refractivity contribution >= 4 is 22.3 Å². The molecule has 1 N–H and O–H groups in total. The minimum absolute atomic E-state index is 0.0916. The maximum Gasteiger partial charge on any atom is 0.220 e. The van der Waals surface area contributed by atoms with Gasteiger partial charge in [0, 0.05) is 11.9 Å². The van der Waals surface area contributed by atoms with Gasteiger partial charge in [-0.3, -0.25) is 0 Å². The lowest BCUT2D eigenvalue weighted by atomic mass is 10.1. The van der Waals surface area contributed by atoms with Gasteiger partial charge in [-0.05, 0) is 50.2 Å². The molecule has 3 rings (SSSR count). The van der Waals surface area contributed by atoms with Crippen LogP contribution in [0, 0.1) is 12.7 Å². The van der Waals surface area contributed by atoms with E-state index in [1.54, 1.807) is 16.7 Å². The van der Waals surface area contributed by atoms with Gasteiger partial charge >= 0.3 is 0 Å². The van der Waals surface area contributed by atoms with Crippen LogP contribution in [0.15, 0.2) is 52.7 Å².